The summed E-state index contributed by atoms with van der Waals surface area (Å²) in [5, 5.41) is 0. The van der Waals surface area contributed by atoms with Crippen molar-refractivity contribution in [1.82, 2.24) is 4.90 Å². The molecule has 10 heteroatoms. The fraction of sp³-hybridized carbons (Fsp3) is 0.333. The molecular weight excluding hydrogens is 420 g/mol. The van der Waals surface area contributed by atoms with Gasteiger partial charge < -0.3 is 14.5 Å². The van der Waals surface area contributed by atoms with Crippen molar-refractivity contribution in [1.29, 1.82) is 0 Å². The number of anilines is 1. The summed E-state index contributed by atoms with van der Waals surface area (Å²) in [5.74, 6) is -3.21. The van der Waals surface area contributed by atoms with Crippen LogP contribution in [0.15, 0.2) is 48.5 Å². The highest BCUT2D eigenvalue weighted by Crippen LogP contribution is 2.37. The molecule has 0 N–H and O–H groups in total. The van der Waals surface area contributed by atoms with Gasteiger partial charge in [0.1, 0.15) is 17.2 Å². The van der Waals surface area contributed by atoms with E-state index < -0.39 is 35.2 Å². The highest BCUT2D eigenvalue weighted by molar-refractivity contribution is 5.98. The maximum absolute atomic E-state index is 14.6. The molecule has 1 unspecified atom stereocenters. The fourth-order valence-electron chi connectivity index (χ4n) is 3.71. The quantitative estimate of drug-likeness (QED) is 0.677. The van der Waals surface area contributed by atoms with Crippen molar-refractivity contribution < 1.29 is 36.6 Å². The molecular formula is C21H18F4N2O4. The number of alkyl halides is 2. The summed E-state index contributed by atoms with van der Waals surface area (Å²) in [6.07, 6.45) is -4.18. The van der Waals surface area contributed by atoms with E-state index in [1.165, 1.54) is 29.2 Å². The van der Waals surface area contributed by atoms with Crippen molar-refractivity contribution in [2.75, 3.05) is 37.7 Å². The van der Waals surface area contributed by atoms with E-state index in [0.717, 1.165) is 29.2 Å². The third kappa shape index (κ3) is 4.26. The van der Waals surface area contributed by atoms with Crippen LogP contribution >= 0.6 is 0 Å². The van der Waals surface area contributed by atoms with E-state index in [9.17, 15) is 27.2 Å². The lowest BCUT2D eigenvalue weighted by Crippen LogP contribution is -2.66. The van der Waals surface area contributed by atoms with Gasteiger partial charge in [0.15, 0.2) is 0 Å². The molecule has 2 aliphatic heterocycles. The van der Waals surface area contributed by atoms with E-state index in [1.807, 2.05) is 0 Å². The predicted octanol–water partition coefficient (Wildman–Crippen LogP) is 2.83. The molecule has 6 nitrogen and oxygen atoms in total. The number of carbonyl (C=O) groups is 2. The van der Waals surface area contributed by atoms with Crippen LogP contribution in [-0.4, -0.2) is 61.3 Å². The first-order chi connectivity index (χ1) is 14.7. The normalized spacial score (nSPS) is 23.7. The van der Waals surface area contributed by atoms with Gasteiger partial charge in [0.25, 0.3) is 5.91 Å². The van der Waals surface area contributed by atoms with Crippen molar-refractivity contribution in [3.63, 3.8) is 0 Å². The maximum Gasteiger partial charge on any atom is 0.437 e. The van der Waals surface area contributed by atoms with Gasteiger partial charge in [-0.2, -0.15) is 8.78 Å². The standard InChI is InChI=1S/C21H18F4N2O4/c22-15-3-1-14(2-4-15)18(28)26-9-10-30-13-20(11-26)12-27(19(29)21(24,25)31-20)17-7-5-16(23)6-8-17/h1-8H,9-13H2. The molecule has 2 aliphatic rings. The van der Waals surface area contributed by atoms with Gasteiger partial charge in [-0.3, -0.25) is 14.3 Å². The van der Waals surface area contributed by atoms with Crippen LogP contribution in [0.3, 0.4) is 0 Å². The van der Waals surface area contributed by atoms with E-state index in [-0.39, 0.29) is 44.1 Å². The summed E-state index contributed by atoms with van der Waals surface area (Å²) in [5.41, 5.74) is -1.49. The molecule has 0 saturated carbocycles. The molecule has 0 aliphatic carbocycles. The maximum atomic E-state index is 14.6. The molecule has 2 saturated heterocycles. The number of carbonyl (C=O) groups excluding carboxylic acids is 2. The van der Waals surface area contributed by atoms with Crippen LogP contribution in [0.1, 0.15) is 10.4 Å². The molecule has 0 bridgehead atoms. The predicted molar refractivity (Wildman–Crippen MR) is 101 cm³/mol. The van der Waals surface area contributed by atoms with Gasteiger partial charge in [-0.05, 0) is 48.5 Å². The third-order valence-corrected chi connectivity index (χ3v) is 5.15. The van der Waals surface area contributed by atoms with Crippen LogP contribution in [0.25, 0.3) is 0 Å². The van der Waals surface area contributed by atoms with Crippen molar-refractivity contribution in [2.45, 2.75) is 11.7 Å². The zero-order chi connectivity index (χ0) is 22.2. The van der Waals surface area contributed by atoms with Crippen LogP contribution in [0.4, 0.5) is 23.2 Å². The number of benzene rings is 2. The molecule has 31 heavy (non-hydrogen) atoms. The second-order valence-corrected chi connectivity index (χ2v) is 7.46. The van der Waals surface area contributed by atoms with Gasteiger partial charge >= 0.3 is 12.0 Å². The SMILES string of the molecule is O=C(c1ccc(F)cc1)N1CCOCC2(C1)CN(c1ccc(F)cc1)C(=O)C(F)(F)O2. The molecule has 1 spiro atoms. The number of halogens is 4. The van der Waals surface area contributed by atoms with E-state index in [0.29, 0.717) is 0 Å². The molecule has 0 aromatic heterocycles. The number of nitrogens with zero attached hydrogens (tertiary/aromatic N) is 2. The summed E-state index contributed by atoms with van der Waals surface area (Å²) in [6, 6.07) is 9.35. The minimum atomic E-state index is -4.18. The van der Waals surface area contributed by atoms with Crippen molar-refractivity contribution in [2.24, 2.45) is 0 Å². The van der Waals surface area contributed by atoms with Crippen LogP contribution in [0, 0.1) is 11.6 Å². The zero-order valence-corrected chi connectivity index (χ0v) is 16.2. The molecule has 2 fully saturated rings. The van der Waals surface area contributed by atoms with Crippen LogP contribution in [0.5, 0.6) is 0 Å². The molecule has 4 rings (SSSR count). The minimum absolute atomic E-state index is 0.0636. The Morgan fingerprint density at radius 1 is 0.935 bits per heavy atom. The molecule has 1 atom stereocenters. The van der Waals surface area contributed by atoms with E-state index in [4.69, 9.17) is 9.47 Å². The lowest BCUT2D eigenvalue weighted by molar-refractivity contribution is -0.293. The first kappa shape index (κ1) is 21.3. The van der Waals surface area contributed by atoms with Gasteiger partial charge in [0, 0.05) is 17.8 Å². The van der Waals surface area contributed by atoms with Gasteiger partial charge in [0.05, 0.1) is 26.3 Å². The first-order valence-electron chi connectivity index (χ1n) is 9.47. The molecule has 164 valence electrons. The topological polar surface area (TPSA) is 59.1 Å². The second kappa shape index (κ2) is 7.93. The second-order valence-electron chi connectivity index (χ2n) is 7.46. The number of amides is 2. The van der Waals surface area contributed by atoms with Gasteiger partial charge in [-0.25, -0.2) is 8.78 Å². The lowest BCUT2D eigenvalue weighted by atomic mass is 10.00. The van der Waals surface area contributed by atoms with Crippen molar-refractivity contribution >= 4 is 17.5 Å². The van der Waals surface area contributed by atoms with Crippen LogP contribution in [-0.2, 0) is 14.3 Å². The number of hydrogen-bond donors (Lipinski definition) is 0. The summed E-state index contributed by atoms with van der Waals surface area (Å²) in [7, 11) is 0. The van der Waals surface area contributed by atoms with Gasteiger partial charge in [-0.15, -0.1) is 0 Å². The van der Waals surface area contributed by atoms with Crippen molar-refractivity contribution in [3.05, 3.63) is 65.7 Å². The van der Waals surface area contributed by atoms with E-state index >= 15 is 0 Å². The Balaban J connectivity index is 1.64. The highest BCUT2D eigenvalue weighted by Gasteiger charge is 2.58. The average molecular weight is 438 g/mol. The number of hydrogen-bond acceptors (Lipinski definition) is 4. The Morgan fingerprint density at radius 2 is 1.55 bits per heavy atom. The molecule has 2 aromatic carbocycles. The molecule has 2 amide bonds. The van der Waals surface area contributed by atoms with Crippen molar-refractivity contribution in [3.8, 4) is 0 Å². The minimum Gasteiger partial charge on any atom is -0.376 e. The average Bonchev–Trinajstić information content (AvgIpc) is 2.94. The van der Waals surface area contributed by atoms with Gasteiger partial charge in [-0.1, -0.05) is 0 Å². The smallest absolute Gasteiger partial charge is 0.376 e. The zero-order valence-electron chi connectivity index (χ0n) is 16.2. The summed E-state index contributed by atoms with van der Waals surface area (Å²) < 4.78 is 66.0. The van der Waals surface area contributed by atoms with Crippen LogP contribution in [0.2, 0.25) is 0 Å². The summed E-state index contributed by atoms with van der Waals surface area (Å²) in [4.78, 5) is 27.3. The molecule has 2 heterocycles. The number of morpholine rings is 1. The largest absolute Gasteiger partial charge is 0.437 e. The summed E-state index contributed by atoms with van der Waals surface area (Å²) >= 11 is 0. The third-order valence-electron chi connectivity index (χ3n) is 5.15. The fourth-order valence-corrected chi connectivity index (χ4v) is 3.71. The van der Waals surface area contributed by atoms with E-state index in [1.54, 1.807) is 0 Å². The van der Waals surface area contributed by atoms with Gasteiger partial charge in [0.2, 0.25) is 0 Å². The monoisotopic (exact) mass is 438 g/mol. The van der Waals surface area contributed by atoms with Crippen LogP contribution < -0.4 is 4.90 Å². The van der Waals surface area contributed by atoms with E-state index in [2.05, 4.69) is 0 Å². The molecule has 0 radical (unpaired) electrons. The lowest BCUT2D eigenvalue weighted by Gasteiger charge is -2.45. The Morgan fingerprint density at radius 3 is 2.19 bits per heavy atom. The first-order valence-corrected chi connectivity index (χ1v) is 9.47. The Kier molecular flexibility index (Phi) is 5.44. The highest BCUT2D eigenvalue weighted by atomic mass is 19.3. The molecule has 2 aromatic rings. The Hall–Kier alpha value is -2.98. The summed E-state index contributed by atoms with van der Waals surface area (Å²) in [6.45, 7) is -0.754. The number of rotatable bonds is 2. The number of ether oxygens (including phenoxy) is 2. The Labute approximate surface area is 174 Å². The Bertz CT molecular complexity index is 984.